The summed E-state index contributed by atoms with van der Waals surface area (Å²) in [5.41, 5.74) is 0. The van der Waals surface area contributed by atoms with Gasteiger partial charge in [-0.25, -0.2) is 0 Å². The molecule has 1 N–H and O–H groups in total. The van der Waals surface area contributed by atoms with Crippen LogP contribution in [-0.2, 0) is 0 Å². The Morgan fingerprint density at radius 3 is 2.33 bits per heavy atom. The van der Waals surface area contributed by atoms with Gasteiger partial charge >= 0.3 is 0 Å². The lowest BCUT2D eigenvalue weighted by molar-refractivity contribution is 0.353. The molecular formula is C13H27NS. The van der Waals surface area contributed by atoms with Gasteiger partial charge in [0.25, 0.3) is 0 Å². The standard InChI is InChI=1S/C13H27NS/c1-11(2)9-15-10-12(3)14-13-7-5-4-6-8-13/h11-14H,4-10H2,1-3H3. The van der Waals surface area contributed by atoms with Crippen LogP contribution >= 0.6 is 11.8 Å². The minimum Gasteiger partial charge on any atom is -0.311 e. The lowest BCUT2D eigenvalue weighted by atomic mass is 9.95. The lowest BCUT2D eigenvalue weighted by Gasteiger charge is -2.26. The van der Waals surface area contributed by atoms with Crippen molar-refractivity contribution in [1.29, 1.82) is 0 Å². The van der Waals surface area contributed by atoms with Gasteiger partial charge in [0.1, 0.15) is 0 Å². The highest BCUT2D eigenvalue weighted by atomic mass is 32.2. The third-order valence-corrected chi connectivity index (χ3v) is 4.58. The first kappa shape index (κ1) is 13.4. The summed E-state index contributed by atoms with van der Waals surface area (Å²) in [6, 6.07) is 1.50. The van der Waals surface area contributed by atoms with Crippen molar-refractivity contribution < 1.29 is 0 Å². The average molecular weight is 229 g/mol. The maximum atomic E-state index is 3.77. The molecule has 1 saturated carbocycles. The molecule has 1 aliphatic carbocycles. The van der Waals surface area contributed by atoms with Gasteiger partial charge in [-0.05, 0) is 31.4 Å². The maximum Gasteiger partial charge on any atom is 0.0132 e. The van der Waals surface area contributed by atoms with Crippen molar-refractivity contribution in [2.75, 3.05) is 11.5 Å². The fourth-order valence-electron chi connectivity index (χ4n) is 2.20. The summed E-state index contributed by atoms with van der Waals surface area (Å²) < 4.78 is 0. The summed E-state index contributed by atoms with van der Waals surface area (Å²) in [5, 5.41) is 3.77. The van der Waals surface area contributed by atoms with Gasteiger partial charge in [-0.2, -0.15) is 11.8 Å². The normalized spacial score (nSPS) is 20.8. The summed E-state index contributed by atoms with van der Waals surface area (Å²) in [4.78, 5) is 0. The van der Waals surface area contributed by atoms with E-state index in [0.717, 1.165) is 12.0 Å². The van der Waals surface area contributed by atoms with Crippen LogP contribution in [0.3, 0.4) is 0 Å². The molecule has 1 rings (SSSR count). The predicted molar refractivity (Wildman–Crippen MR) is 71.6 cm³/mol. The Morgan fingerprint density at radius 1 is 1.07 bits per heavy atom. The first-order valence-electron chi connectivity index (χ1n) is 6.52. The van der Waals surface area contributed by atoms with Crippen molar-refractivity contribution in [3.05, 3.63) is 0 Å². The third kappa shape index (κ3) is 6.47. The van der Waals surface area contributed by atoms with Crippen LogP contribution in [0.15, 0.2) is 0 Å². The molecule has 0 bridgehead atoms. The third-order valence-electron chi connectivity index (χ3n) is 2.94. The Morgan fingerprint density at radius 2 is 1.73 bits per heavy atom. The van der Waals surface area contributed by atoms with Crippen molar-refractivity contribution >= 4 is 11.8 Å². The first-order chi connectivity index (χ1) is 7.18. The smallest absolute Gasteiger partial charge is 0.0132 e. The van der Waals surface area contributed by atoms with Crippen LogP contribution in [0.5, 0.6) is 0 Å². The molecule has 0 amide bonds. The van der Waals surface area contributed by atoms with Crippen LogP contribution in [-0.4, -0.2) is 23.6 Å². The van der Waals surface area contributed by atoms with Crippen molar-refractivity contribution in [1.82, 2.24) is 5.32 Å². The molecule has 1 atom stereocenters. The van der Waals surface area contributed by atoms with E-state index in [-0.39, 0.29) is 0 Å². The van der Waals surface area contributed by atoms with Crippen molar-refractivity contribution in [2.24, 2.45) is 5.92 Å². The Hall–Kier alpha value is 0.310. The zero-order valence-corrected chi connectivity index (χ0v) is 11.4. The number of rotatable bonds is 6. The number of hydrogen-bond acceptors (Lipinski definition) is 2. The van der Waals surface area contributed by atoms with Crippen LogP contribution in [0.2, 0.25) is 0 Å². The average Bonchev–Trinajstić information content (AvgIpc) is 2.18. The summed E-state index contributed by atoms with van der Waals surface area (Å²) in [5.74, 6) is 3.41. The molecule has 90 valence electrons. The molecular weight excluding hydrogens is 202 g/mol. The van der Waals surface area contributed by atoms with Gasteiger partial charge in [0.2, 0.25) is 0 Å². The second-order valence-corrected chi connectivity index (χ2v) is 6.41. The highest BCUT2D eigenvalue weighted by molar-refractivity contribution is 7.99. The van der Waals surface area contributed by atoms with Gasteiger partial charge in [-0.15, -0.1) is 0 Å². The van der Waals surface area contributed by atoms with Crippen LogP contribution in [0.25, 0.3) is 0 Å². The van der Waals surface area contributed by atoms with E-state index in [0.29, 0.717) is 6.04 Å². The molecule has 0 heterocycles. The van der Waals surface area contributed by atoms with Crippen LogP contribution < -0.4 is 5.32 Å². The number of thioether (sulfide) groups is 1. The fourth-order valence-corrected chi connectivity index (χ4v) is 3.26. The number of nitrogens with one attached hydrogen (secondary N) is 1. The second-order valence-electron chi connectivity index (χ2n) is 5.33. The molecule has 1 unspecified atom stereocenters. The molecule has 1 fully saturated rings. The molecule has 0 aromatic rings. The quantitative estimate of drug-likeness (QED) is 0.745. The molecule has 0 aliphatic heterocycles. The molecule has 0 radical (unpaired) electrons. The molecule has 2 heteroatoms. The van der Waals surface area contributed by atoms with Crippen LogP contribution in [0, 0.1) is 5.92 Å². The Bertz CT molecular complexity index is 153. The minimum atomic E-state index is 0.692. The van der Waals surface area contributed by atoms with Gasteiger partial charge in [-0.3, -0.25) is 0 Å². The van der Waals surface area contributed by atoms with Gasteiger partial charge < -0.3 is 5.32 Å². The minimum absolute atomic E-state index is 0.692. The van der Waals surface area contributed by atoms with Gasteiger partial charge in [0, 0.05) is 17.8 Å². The summed E-state index contributed by atoms with van der Waals surface area (Å²) in [6.07, 6.45) is 7.13. The molecule has 1 nitrogen and oxygen atoms in total. The molecule has 0 saturated heterocycles. The van der Waals surface area contributed by atoms with E-state index in [1.165, 1.54) is 43.6 Å². The SMILES string of the molecule is CC(C)CSCC(C)NC1CCCCC1. The zero-order valence-electron chi connectivity index (χ0n) is 10.6. The number of hydrogen-bond donors (Lipinski definition) is 1. The van der Waals surface area contributed by atoms with Crippen molar-refractivity contribution in [3.63, 3.8) is 0 Å². The maximum absolute atomic E-state index is 3.77. The van der Waals surface area contributed by atoms with Gasteiger partial charge in [0.15, 0.2) is 0 Å². The Labute approximate surface area is 99.8 Å². The summed E-state index contributed by atoms with van der Waals surface area (Å²) in [6.45, 7) is 6.93. The van der Waals surface area contributed by atoms with E-state index in [1.807, 2.05) is 0 Å². The summed E-state index contributed by atoms with van der Waals surface area (Å²) >= 11 is 2.10. The Balaban J connectivity index is 2.03. The van der Waals surface area contributed by atoms with Crippen molar-refractivity contribution in [3.8, 4) is 0 Å². The van der Waals surface area contributed by atoms with Crippen molar-refractivity contribution in [2.45, 2.75) is 65.0 Å². The topological polar surface area (TPSA) is 12.0 Å². The van der Waals surface area contributed by atoms with Crippen LogP contribution in [0.4, 0.5) is 0 Å². The van der Waals surface area contributed by atoms with Gasteiger partial charge in [0.05, 0.1) is 0 Å². The van der Waals surface area contributed by atoms with E-state index in [9.17, 15) is 0 Å². The first-order valence-corrected chi connectivity index (χ1v) is 7.67. The molecule has 1 aliphatic rings. The monoisotopic (exact) mass is 229 g/mol. The fraction of sp³-hybridized carbons (Fsp3) is 1.00. The molecule has 0 aromatic carbocycles. The zero-order chi connectivity index (χ0) is 11.1. The van der Waals surface area contributed by atoms with Crippen LogP contribution in [0.1, 0.15) is 52.9 Å². The Kier molecular flexibility index (Phi) is 6.74. The highest BCUT2D eigenvalue weighted by Crippen LogP contribution is 2.18. The molecule has 0 spiro atoms. The molecule has 15 heavy (non-hydrogen) atoms. The summed E-state index contributed by atoms with van der Waals surface area (Å²) in [7, 11) is 0. The predicted octanol–water partition coefficient (Wildman–Crippen LogP) is 3.69. The van der Waals surface area contributed by atoms with E-state index in [1.54, 1.807) is 0 Å². The van der Waals surface area contributed by atoms with E-state index >= 15 is 0 Å². The molecule has 0 aromatic heterocycles. The van der Waals surface area contributed by atoms with E-state index < -0.39 is 0 Å². The van der Waals surface area contributed by atoms with E-state index in [4.69, 9.17) is 0 Å². The highest BCUT2D eigenvalue weighted by Gasteiger charge is 2.15. The lowest BCUT2D eigenvalue weighted by Crippen LogP contribution is -2.39. The van der Waals surface area contributed by atoms with E-state index in [2.05, 4.69) is 37.8 Å². The second kappa shape index (κ2) is 7.56. The largest absolute Gasteiger partial charge is 0.311 e. The van der Waals surface area contributed by atoms with Gasteiger partial charge in [-0.1, -0.05) is 33.1 Å².